The Morgan fingerprint density at radius 3 is 2.68 bits per heavy atom. The molecule has 0 saturated carbocycles. The average Bonchev–Trinajstić information content (AvgIpc) is 3.34. The molecule has 148 valence electrons. The van der Waals surface area contributed by atoms with Crippen molar-refractivity contribution in [3.8, 4) is 23.0 Å². The van der Waals surface area contributed by atoms with Gasteiger partial charge in [0.05, 0.1) is 26.5 Å². The van der Waals surface area contributed by atoms with Crippen LogP contribution in [0, 0.1) is 6.92 Å². The number of aromatic nitrogens is 2. The highest BCUT2D eigenvalue weighted by molar-refractivity contribution is 7.99. The lowest BCUT2D eigenvalue weighted by atomic mass is 10.2. The molecule has 0 saturated heterocycles. The number of methoxy groups -OCH3 is 2. The van der Waals surface area contributed by atoms with Gasteiger partial charge in [-0.2, -0.15) is 0 Å². The van der Waals surface area contributed by atoms with Crippen LogP contribution in [0.25, 0.3) is 11.5 Å². The fourth-order valence-corrected chi connectivity index (χ4v) is 4.12. The Morgan fingerprint density at radius 2 is 2.00 bits per heavy atom. The van der Waals surface area contributed by atoms with Gasteiger partial charge in [-0.1, -0.05) is 11.8 Å². The second-order valence-corrected chi connectivity index (χ2v) is 7.94. The van der Waals surface area contributed by atoms with Crippen LogP contribution in [0.5, 0.6) is 11.5 Å². The lowest BCUT2D eigenvalue weighted by molar-refractivity contribution is -0.127. The van der Waals surface area contributed by atoms with Gasteiger partial charge in [0.2, 0.25) is 11.8 Å². The number of thiophene rings is 1. The van der Waals surface area contributed by atoms with Gasteiger partial charge >= 0.3 is 0 Å². The smallest absolute Gasteiger partial charge is 0.277 e. The van der Waals surface area contributed by atoms with Gasteiger partial charge in [0.25, 0.3) is 5.22 Å². The molecule has 0 N–H and O–H groups in total. The molecule has 0 bridgehead atoms. The number of ether oxygens (including phenoxy) is 2. The molecular weight excluding hydrogens is 398 g/mol. The molecule has 0 unspecified atom stereocenters. The van der Waals surface area contributed by atoms with E-state index in [1.807, 2.05) is 18.4 Å². The Morgan fingerprint density at radius 1 is 1.21 bits per heavy atom. The number of nitrogens with zero attached hydrogens (tertiary/aromatic N) is 3. The maximum atomic E-state index is 12.4. The molecule has 9 heteroatoms. The maximum Gasteiger partial charge on any atom is 0.277 e. The first-order valence-electron chi connectivity index (χ1n) is 8.47. The summed E-state index contributed by atoms with van der Waals surface area (Å²) in [5.74, 6) is 1.79. The van der Waals surface area contributed by atoms with Gasteiger partial charge in [-0.25, -0.2) is 0 Å². The first-order valence-corrected chi connectivity index (χ1v) is 10.3. The monoisotopic (exact) mass is 419 g/mol. The Kier molecular flexibility index (Phi) is 6.58. The fourth-order valence-electron chi connectivity index (χ4n) is 2.46. The predicted octanol–water partition coefficient (Wildman–Crippen LogP) is 3.87. The van der Waals surface area contributed by atoms with Gasteiger partial charge < -0.3 is 18.8 Å². The zero-order valence-corrected chi connectivity index (χ0v) is 17.7. The number of hydrogen-bond acceptors (Lipinski definition) is 8. The van der Waals surface area contributed by atoms with Crippen LogP contribution in [0.4, 0.5) is 0 Å². The van der Waals surface area contributed by atoms with Crippen molar-refractivity contribution < 1.29 is 18.7 Å². The number of amides is 1. The molecule has 3 rings (SSSR count). The quantitative estimate of drug-likeness (QED) is 0.513. The van der Waals surface area contributed by atoms with E-state index in [2.05, 4.69) is 16.3 Å². The maximum absolute atomic E-state index is 12.4. The SMILES string of the molecule is COc1ccc(-c2nnc(SCC(=O)N(C)Cc3sccc3C)o2)cc1OC. The van der Waals surface area contributed by atoms with E-state index in [1.54, 1.807) is 49.6 Å². The van der Waals surface area contributed by atoms with Gasteiger partial charge in [-0.15, -0.1) is 21.5 Å². The minimum absolute atomic E-state index is 0.00340. The van der Waals surface area contributed by atoms with E-state index >= 15 is 0 Å². The standard InChI is InChI=1S/C19H21N3O4S2/c1-12-7-8-27-16(12)10-22(2)17(23)11-28-19-21-20-18(26-19)13-5-6-14(24-3)15(9-13)25-4/h5-9H,10-11H2,1-4H3. The zero-order chi connectivity index (χ0) is 20.1. The molecule has 0 aliphatic heterocycles. The van der Waals surface area contributed by atoms with Crippen LogP contribution >= 0.6 is 23.1 Å². The largest absolute Gasteiger partial charge is 0.493 e. The van der Waals surface area contributed by atoms with Crippen molar-refractivity contribution in [2.24, 2.45) is 0 Å². The van der Waals surface area contributed by atoms with E-state index in [0.29, 0.717) is 34.7 Å². The number of carbonyl (C=O) groups excluding carboxylic acids is 1. The van der Waals surface area contributed by atoms with Crippen molar-refractivity contribution in [1.29, 1.82) is 0 Å². The van der Waals surface area contributed by atoms with E-state index < -0.39 is 0 Å². The Balaban J connectivity index is 1.60. The summed E-state index contributed by atoms with van der Waals surface area (Å²) in [6.07, 6.45) is 0. The van der Waals surface area contributed by atoms with Crippen LogP contribution in [0.2, 0.25) is 0 Å². The van der Waals surface area contributed by atoms with Crippen molar-refractivity contribution in [2.45, 2.75) is 18.7 Å². The third-order valence-corrected chi connectivity index (χ3v) is 5.94. The summed E-state index contributed by atoms with van der Waals surface area (Å²) in [5.41, 5.74) is 1.92. The lowest BCUT2D eigenvalue weighted by Gasteiger charge is -2.16. The summed E-state index contributed by atoms with van der Waals surface area (Å²) in [7, 11) is 4.94. The van der Waals surface area contributed by atoms with E-state index in [0.717, 1.165) is 0 Å². The molecule has 1 amide bonds. The summed E-state index contributed by atoms with van der Waals surface area (Å²) in [5, 5.41) is 10.5. The summed E-state index contributed by atoms with van der Waals surface area (Å²) >= 11 is 2.88. The Labute approximate surface area is 171 Å². The summed E-state index contributed by atoms with van der Waals surface area (Å²) < 4.78 is 16.2. The summed E-state index contributed by atoms with van der Waals surface area (Å²) in [6.45, 7) is 2.65. The van der Waals surface area contributed by atoms with Crippen molar-refractivity contribution in [3.05, 3.63) is 40.1 Å². The van der Waals surface area contributed by atoms with Crippen LogP contribution in [0.1, 0.15) is 10.4 Å². The van der Waals surface area contributed by atoms with Crippen molar-refractivity contribution in [2.75, 3.05) is 27.0 Å². The number of thioether (sulfide) groups is 1. The highest BCUT2D eigenvalue weighted by atomic mass is 32.2. The van der Waals surface area contributed by atoms with Crippen molar-refractivity contribution in [3.63, 3.8) is 0 Å². The average molecular weight is 420 g/mol. The van der Waals surface area contributed by atoms with Gasteiger partial charge in [0.15, 0.2) is 11.5 Å². The molecule has 0 aliphatic carbocycles. The minimum Gasteiger partial charge on any atom is -0.493 e. The number of hydrogen-bond donors (Lipinski definition) is 0. The molecule has 3 aromatic rings. The molecular formula is C19H21N3O4S2. The van der Waals surface area contributed by atoms with Crippen LogP contribution < -0.4 is 9.47 Å². The molecule has 0 aliphatic rings. The third-order valence-electron chi connectivity index (χ3n) is 4.13. The summed E-state index contributed by atoms with van der Waals surface area (Å²) in [6, 6.07) is 7.41. The molecule has 28 heavy (non-hydrogen) atoms. The molecule has 2 aromatic heterocycles. The lowest BCUT2D eigenvalue weighted by Crippen LogP contribution is -2.27. The predicted molar refractivity (Wildman–Crippen MR) is 109 cm³/mol. The topological polar surface area (TPSA) is 77.7 Å². The molecule has 0 spiro atoms. The highest BCUT2D eigenvalue weighted by Gasteiger charge is 2.16. The van der Waals surface area contributed by atoms with E-state index in [9.17, 15) is 4.79 Å². The van der Waals surface area contributed by atoms with Crippen molar-refractivity contribution >= 4 is 29.0 Å². The Bertz CT molecular complexity index is 954. The second-order valence-electron chi connectivity index (χ2n) is 6.01. The molecule has 1 aromatic carbocycles. The van der Waals surface area contributed by atoms with Crippen LogP contribution in [-0.4, -0.2) is 48.0 Å². The zero-order valence-electron chi connectivity index (χ0n) is 16.1. The normalized spacial score (nSPS) is 10.7. The third kappa shape index (κ3) is 4.66. The van der Waals surface area contributed by atoms with Gasteiger partial charge in [0.1, 0.15) is 0 Å². The second kappa shape index (κ2) is 9.11. The van der Waals surface area contributed by atoms with Gasteiger partial charge in [-0.3, -0.25) is 4.79 Å². The molecule has 0 fully saturated rings. The number of aryl methyl sites for hydroxylation is 1. The number of rotatable bonds is 8. The first-order chi connectivity index (χ1) is 13.5. The van der Waals surface area contributed by atoms with E-state index in [4.69, 9.17) is 13.9 Å². The molecule has 0 atom stereocenters. The van der Waals surface area contributed by atoms with E-state index in [1.165, 1.54) is 22.2 Å². The van der Waals surface area contributed by atoms with Crippen LogP contribution in [-0.2, 0) is 11.3 Å². The number of benzene rings is 1. The summed E-state index contributed by atoms with van der Waals surface area (Å²) in [4.78, 5) is 15.3. The van der Waals surface area contributed by atoms with Crippen LogP contribution in [0.3, 0.4) is 0 Å². The minimum atomic E-state index is 0.00340. The van der Waals surface area contributed by atoms with Crippen molar-refractivity contribution in [1.82, 2.24) is 15.1 Å². The Hall–Kier alpha value is -2.52. The molecule has 7 nitrogen and oxygen atoms in total. The van der Waals surface area contributed by atoms with E-state index in [-0.39, 0.29) is 11.7 Å². The highest BCUT2D eigenvalue weighted by Crippen LogP contribution is 2.32. The first kappa shape index (κ1) is 20.2. The van der Waals surface area contributed by atoms with Gasteiger partial charge in [0, 0.05) is 17.5 Å². The van der Waals surface area contributed by atoms with Gasteiger partial charge in [-0.05, 0) is 42.1 Å². The fraction of sp³-hybridized carbons (Fsp3) is 0.316. The molecule has 0 radical (unpaired) electrons. The number of carbonyl (C=O) groups is 1. The molecule has 2 heterocycles. The van der Waals surface area contributed by atoms with Crippen LogP contribution in [0.15, 0.2) is 39.3 Å².